The van der Waals surface area contributed by atoms with Crippen LogP contribution >= 0.6 is 0 Å². The molecule has 0 aromatic carbocycles. The first-order chi connectivity index (χ1) is 7.18. The fourth-order valence-corrected chi connectivity index (χ4v) is 1.67. The summed E-state index contributed by atoms with van der Waals surface area (Å²) in [5.41, 5.74) is 0.876. The van der Waals surface area contributed by atoms with Crippen LogP contribution < -0.4 is 4.90 Å². The first kappa shape index (κ1) is 10.3. The second-order valence-corrected chi connectivity index (χ2v) is 3.75. The van der Waals surface area contributed by atoms with E-state index in [2.05, 4.69) is 9.97 Å². The van der Waals surface area contributed by atoms with Crippen LogP contribution in [0.5, 0.6) is 0 Å². The molecule has 0 bridgehead atoms. The molecule has 0 N–H and O–H groups in total. The number of alkyl halides is 1. The minimum absolute atomic E-state index is 0.180. The van der Waals surface area contributed by atoms with Crippen molar-refractivity contribution in [1.29, 1.82) is 0 Å². The molecule has 0 amide bonds. The Morgan fingerprint density at radius 2 is 2.27 bits per heavy atom. The average molecular weight is 211 g/mol. The molecule has 1 aromatic rings. The van der Waals surface area contributed by atoms with E-state index in [1.54, 1.807) is 0 Å². The zero-order valence-electron chi connectivity index (χ0n) is 8.85. The highest BCUT2D eigenvalue weighted by atomic mass is 19.1. The van der Waals surface area contributed by atoms with Gasteiger partial charge in [0.2, 0.25) is 0 Å². The minimum Gasteiger partial charge on any atom is -0.376 e. The van der Waals surface area contributed by atoms with E-state index in [0.29, 0.717) is 6.61 Å². The van der Waals surface area contributed by atoms with Gasteiger partial charge in [-0.25, -0.2) is 14.4 Å². The van der Waals surface area contributed by atoms with Gasteiger partial charge >= 0.3 is 0 Å². The maximum absolute atomic E-state index is 13.4. The molecule has 1 aromatic heterocycles. The zero-order chi connectivity index (χ0) is 10.8. The second-order valence-electron chi connectivity index (χ2n) is 3.75. The predicted octanol–water partition coefficient (Wildman–Crippen LogP) is 0.958. The van der Waals surface area contributed by atoms with Gasteiger partial charge in [-0.3, -0.25) is 0 Å². The minimum atomic E-state index is -0.940. The summed E-state index contributed by atoms with van der Waals surface area (Å²) in [5.74, 6) is 0.737. The maximum atomic E-state index is 13.4. The molecule has 4 nitrogen and oxygen atoms in total. The van der Waals surface area contributed by atoms with Crippen molar-refractivity contribution < 1.29 is 9.13 Å². The van der Waals surface area contributed by atoms with E-state index in [0.717, 1.165) is 11.5 Å². The Balaban J connectivity index is 2.16. The Kier molecular flexibility index (Phi) is 2.81. The number of ether oxygens (including phenoxy) is 1. The van der Waals surface area contributed by atoms with Gasteiger partial charge in [0.25, 0.3) is 0 Å². The van der Waals surface area contributed by atoms with Crippen molar-refractivity contribution in [3.8, 4) is 0 Å². The number of nitrogens with zero attached hydrogens (tertiary/aromatic N) is 3. The van der Waals surface area contributed by atoms with Crippen LogP contribution in [-0.4, -0.2) is 42.4 Å². The Morgan fingerprint density at radius 1 is 1.47 bits per heavy atom. The summed E-state index contributed by atoms with van der Waals surface area (Å²) < 4.78 is 18.5. The molecule has 0 saturated carbocycles. The van der Waals surface area contributed by atoms with E-state index in [4.69, 9.17) is 4.74 Å². The van der Waals surface area contributed by atoms with Crippen LogP contribution in [0.15, 0.2) is 12.4 Å². The lowest BCUT2D eigenvalue weighted by molar-refractivity contribution is 0.173. The Labute approximate surface area is 88.1 Å². The number of halogens is 1. The number of aryl methyl sites for hydroxylation is 1. The van der Waals surface area contributed by atoms with Crippen molar-refractivity contribution in [2.24, 2.45) is 0 Å². The number of anilines is 1. The first-order valence-electron chi connectivity index (χ1n) is 4.92. The van der Waals surface area contributed by atoms with E-state index < -0.39 is 6.17 Å². The smallest absolute Gasteiger partial charge is 0.146 e. The van der Waals surface area contributed by atoms with E-state index in [1.165, 1.54) is 6.33 Å². The largest absolute Gasteiger partial charge is 0.376 e. The molecule has 2 unspecified atom stereocenters. The fourth-order valence-electron chi connectivity index (χ4n) is 1.67. The Bertz CT molecular complexity index is 347. The summed E-state index contributed by atoms with van der Waals surface area (Å²) >= 11 is 0. The SMILES string of the molecule is Cc1cc(N(C)C2COCC2F)ncn1. The number of hydrogen-bond acceptors (Lipinski definition) is 4. The van der Waals surface area contributed by atoms with Gasteiger partial charge in [0.15, 0.2) is 0 Å². The summed E-state index contributed by atoms with van der Waals surface area (Å²) in [5, 5.41) is 0. The van der Waals surface area contributed by atoms with E-state index >= 15 is 0 Å². The first-order valence-corrected chi connectivity index (χ1v) is 4.92. The van der Waals surface area contributed by atoms with E-state index in [-0.39, 0.29) is 12.6 Å². The number of rotatable bonds is 2. The Morgan fingerprint density at radius 3 is 2.87 bits per heavy atom. The zero-order valence-corrected chi connectivity index (χ0v) is 8.85. The molecular weight excluding hydrogens is 197 g/mol. The van der Waals surface area contributed by atoms with Gasteiger partial charge in [0, 0.05) is 18.8 Å². The number of likely N-dealkylation sites (N-methyl/N-ethyl adjacent to an activating group) is 1. The van der Waals surface area contributed by atoms with Crippen molar-refractivity contribution in [3.05, 3.63) is 18.1 Å². The van der Waals surface area contributed by atoms with Gasteiger partial charge in [0.05, 0.1) is 19.3 Å². The normalized spacial score (nSPS) is 25.5. The third-order valence-electron chi connectivity index (χ3n) is 2.63. The molecule has 0 radical (unpaired) electrons. The number of aromatic nitrogens is 2. The highest BCUT2D eigenvalue weighted by Gasteiger charge is 2.32. The second kappa shape index (κ2) is 4.10. The van der Waals surface area contributed by atoms with Crippen LogP contribution in [0, 0.1) is 6.92 Å². The summed E-state index contributed by atoms with van der Waals surface area (Å²) in [6, 6.07) is 1.60. The van der Waals surface area contributed by atoms with Gasteiger partial charge in [-0.2, -0.15) is 0 Å². The van der Waals surface area contributed by atoms with Crippen LogP contribution in [0.1, 0.15) is 5.69 Å². The third kappa shape index (κ3) is 2.07. The van der Waals surface area contributed by atoms with Crippen molar-refractivity contribution in [2.75, 3.05) is 25.2 Å². The van der Waals surface area contributed by atoms with Gasteiger partial charge in [0.1, 0.15) is 18.3 Å². The van der Waals surface area contributed by atoms with Crippen LogP contribution in [-0.2, 0) is 4.74 Å². The molecule has 0 spiro atoms. The molecular formula is C10H14FN3O. The van der Waals surface area contributed by atoms with Crippen LogP contribution in [0.25, 0.3) is 0 Å². The lowest BCUT2D eigenvalue weighted by Gasteiger charge is -2.25. The van der Waals surface area contributed by atoms with Crippen LogP contribution in [0.4, 0.5) is 10.2 Å². The van der Waals surface area contributed by atoms with Crippen molar-refractivity contribution >= 4 is 5.82 Å². The molecule has 5 heteroatoms. The van der Waals surface area contributed by atoms with E-state index in [1.807, 2.05) is 24.9 Å². The summed E-state index contributed by atoms with van der Waals surface area (Å²) in [4.78, 5) is 9.93. The monoisotopic (exact) mass is 211 g/mol. The summed E-state index contributed by atoms with van der Waals surface area (Å²) in [6.45, 7) is 2.48. The third-order valence-corrected chi connectivity index (χ3v) is 2.63. The van der Waals surface area contributed by atoms with Gasteiger partial charge < -0.3 is 9.64 Å². The summed E-state index contributed by atoms with van der Waals surface area (Å²) in [6.07, 6.45) is 0.551. The van der Waals surface area contributed by atoms with Crippen LogP contribution in [0.2, 0.25) is 0 Å². The van der Waals surface area contributed by atoms with Gasteiger partial charge in [-0.15, -0.1) is 0 Å². The molecule has 0 aliphatic carbocycles. The van der Waals surface area contributed by atoms with E-state index in [9.17, 15) is 4.39 Å². The predicted molar refractivity (Wildman–Crippen MR) is 54.7 cm³/mol. The summed E-state index contributed by atoms with van der Waals surface area (Å²) in [7, 11) is 1.83. The lowest BCUT2D eigenvalue weighted by Crippen LogP contribution is -2.39. The molecule has 1 aliphatic heterocycles. The highest BCUT2D eigenvalue weighted by molar-refractivity contribution is 5.39. The van der Waals surface area contributed by atoms with Gasteiger partial charge in [-0.1, -0.05) is 0 Å². The fraction of sp³-hybridized carbons (Fsp3) is 0.600. The van der Waals surface area contributed by atoms with Crippen molar-refractivity contribution in [2.45, 2.75) is 19.1 Å². The Hall–Kier alpha value is -1.23. The average Bonchev–Trinajstić information content (AvgIpc) is 2.63. The molecule has 1 aliphatic rings. The molecule has 15 heavy (non-hydrogen) atoms. The lowest BCUT2D eigenvalue weighted by atomic mass is 10.2. The molecule has 82 valence electrons. The topological polar surface area (TPSA) is 38.2 Å². The molecule has 2 rings (SSSR count). The van der Waals surface area contributed by atoms with Crippen LogP contribution in [0.3, 0.4) is 0 Å². The molecule has 2 atom stereocenters. The quantitative estimate of drug-likeness (QED) is 0.730. The highest BCUT2D eigenvalue weighted by Crippen LogP contribution is 2.20. The van der Waals surface area contributed by atoms with Gasteiger partial charge in [-0.05, 0) is 6.92 Å². The van der Waals surface area contributed by atoms with Crippen molar-refractivity contribution in [1.82, 2.24) is 9.97 Å². The molecule has 1 saturated heterocycles. The maximum Gasteiger partial charge on any atom is 0.146 e. The van der Waals surface area contributed by atoms with Crippen molar-refractivity contribution in [3.63, 3.8) is 0 Å². The standard InChI is InChI=1S/C10H14FN3O/c1-7-3-10(13-6-12-7)14(2)9-5-15-4-8(9)11/h3,6,8-9H,4-5H2,1-2H3. The molecule has 2 heterocycles. The number of hydrogen-bond donors (Lipinski definition) is 0. The molecule has 1 fully saturated rings.